The fraction of sp³-hybridized carbons (Fsp3) is 0.220. The van der Waals surface area contributed by atoms with Crippen LogP contribution >= 0.6 is 0 Å². The lowest BCUT2D eigenvalue weighted by Crippen LogP contribution is -2.15. The molecule has 0 radical (unpaired) electrons. The van der Waals surface area contributed by atoms with Crippen LogP contribution in [0.4, 0.5) is 17.1 Å². The molecular formula is C59H55N. The average molecular weight is 778 g/mol. The molecule has 0 amide bonds. The van der Waals surface area contributed by atoms with E-state index in [0.29, 0.717) is 5.92 Å². The summed E-state index contributed by atoms with van der Waals surface area (Å²) < 4.78 is 0. The van der Waals surface area contributed by atoms with E-state index in [1.165, 1.54) is 115 Å². The summed E-state index contributed by atoms with van der Waals surface area (Å²) in [5.74, 6) is 0.580. The van der Waals surface area contributed by atoms with Crippen LogP contribution in [0.25, 0.3) is 55.3 Å². The number of hydrogen-bond donors (Lipinski definition) is 0. The lowest BCUT2D eigenvalue weighted by molar-refractivity contribution is 0.445. The minimum absolute atomic E-state index is 0.0695. The molecule has 10 rings (SSSR count). The Hall–Kier alpha value is -6.18. The summed E-state index contributed by atoms with van der Waals surface area (Å²) in [5.41, 5.74) is 19.2. The van der Waals surface area contributed by atoms with E-state index >= 15 is 0 Å². The maximum absolute atomic E-state index is 2.57. The zero-order valence-corrected chi connectivity index (χ0v) is 35.8. The summed E-state index contributed by atoms with van der Waals surface area (Å²) in [5, 5.41) is 2.72. The number of nitrogens with zero attached hydrogens (tertiary/aromatic N) is 1. The summed E-state index contributed by atoms with van der Waals surface area (Å²) in [6, 6.07) is 66.5. The van der Waals surface area contributed by atoms with Crippen molar-refractivity contribution in [3.05, 3.63) is 198 Å². The number of hydrogen-bond acceptors (Lipinski definition) is 1. The monoisotopic (exact) mass is 777 g/mol. The highest BCUT2D eigenvalue weighted by atomic mass is 15.1. The van der Waals surface area contributed by atoms with Crippen molar-refractivity contribution in [1.29, 1.82) is 0 Å². The van der Waals surface area contributed by atoms with E-state index in [4.69, 9.17) is 0 Å². The van der Waals surface area contributed by atoms with Gasteiger partial charge in [0.05, 0.1) is 17.1 Å². The minimum Gasteiger partial charge on any atom is -0.309 e. The second-order valence-electron chi connectivity index (χ2n) is 18.7. The third-order valence-corrected chi connectivity index (χ3v) is 13.7. The molecular weight excluding hydrogens is 723 g/mol. The van der Waals surface area contributed by atoms with E-state index < -0.39 is 0 Å². The Morgan fingerprint density at radius 1 is 0.450 bits per heavy atom. The van der Waals surface area contributed by atoms with Gasteiger partial charge in [0.2, 0.25) is 0 Å². The molecule has 60 heavy (non-hydrogen) atoms. The summed E-state index contributed by atoms with van der Waals surface area (Å²) in [7, 11) is 0. The molecule has 0 unspecified atom stereocenters. The molecule has 0 N–H and O–H groups in total. The number of rotatable bonds is 7. The summed E-state index contributed by atoms with van der Waals surface area (Å²) in [4.78, 5) is 2.57. The molecule has 1 nitrogen and oxygen atoms in total. The highest BCUT2D eigenvalue weighted by molar-refractivity contribution is 6.06. The van der Waals surface area contributed by atoms with Gasteiger partial charge in [-0.25, -0.2) is 0 Å². The van der Waals surface area contributed by atoms with Gasteiger partial charge in [-0.05, 0) is 103 Å². The summed E-state index contributed by atoms with van der Waals surface area (Å²) >= 11 is 0. The van der Waals surface area contributed by atoms with Crippen molar-refractivity contribution in [1.82, 2.24) is 0 Å². The molecule has 8 aromatic carbocycles. The first-order valence-corrected chi connectivity index (χ1v) is 22.1. The molecule has 0 bridgehead atoms. The van der Waals surface area contributed by atoms with E-state index in [1.807, 2.05) is 0 Å². The van der Waals surface area contributed by atoms with Crippen molar-refractivity contribution < 1.29 is 0 Å². The normalized spacial score (nSPS) is 14.8. The zero-order valence-electron chi connectivity index (χ0n) is 35.8. The van der Waals surface area contributed by atoms with Gasteiger partial charge in [-0.1, -0.05) is 212 Å². The van der Waals surface area contributed by atoms with Crippen molar-refractivity contribution in [2.24, 2.45) is 0 Å². The highest BCUT2D eigenvalue weighted by Crippen LogP contribution is 2.55. The second kappa shape index (κ2) is 15.1. The molecule has 0 aliphatic heterocycles. The van der Waals surface area contributed by atoms with E-state index in [9.17, 15) is 0 Å². The van der Waals surface area contributed by atoms with Crippen molar-refractivity contribution in [3.63, 3.8) is 0 Å². The van der Waals surface area contributed by atoms with Gasteiger partial charge in [-0.3, -0.25) is 0 Å². The van der Waals surface area contributed by atoms with Gasteiger partial charge in [0.25, 0.3) is 0 Å². The van der Waals surface area contributed by atoms with Gasteiger partial charge in [-0.15, -0.1) is 0 Å². The molecule has 2 aliphatic rings. The maximum atomic E-state index is 2.57. The smallest absolute Gasteiger partial charge is 0.0540 e. The molecule has 1 heteroatoms. The van der Waals surface area contributed by atoms with Gasteiger partial charge >= 0.3 is 0 Å². The average Bonchev–Trinajstić information content (AvgIpc) is 3.52. The third kappa shape index (κ3) is 6.47. The van der Waals surface area contributed by atoms with Crippen LogP contribution in [0.2, 0.25) is 0 Å². The Labute approximate surface area is 357 Å². The van der Waals surface area contributed by atoms with Crippen molar-refractivity contribution in [2.75, 3.05) is 4.90 Å². The SMILES string of the molecule is CC(C)(C)c1ccc(-c2ccccc2N(c2ccccc2-c2cccc3c2-c2ccccc2C3(C)C)c2ccccc2-c2cccc3cccc(C4CCCCC4)c23)cc1. The molecule has 296 valence electrons. The van der Waals surface area contributed by atoms with Crippen LogP contribution < -0.4 is 4.90 Å². The molecule has 1 saturated carbocycles. The van der Waals surface area contributed by atoms with Crippen molar-refractivity contribution >= 4 is 27.8 Å². The van der Waals surface area contributed by atoms with Crippen LogP contribution in [0.1, 0.15) is 94.9 Å². The van der Waals surface area contributed by atoms with Gasteiger partial charge in [-0.2, -0.15) is 0 Å². The van der Waals surface area contributed by atoms with Crippen LogP contribution in [0.5, 0.6) is 0 Å². The first kappa shape index (κ1) is 38.0. The molecule has 0 spiro atoms. The quantitative estimate of drug-likeness (QED) is 0.156. The zero-order chi connectivity index (χ0) is 41.0. The molecule has 8 aromatic rings. The van der Waals surface area contributed by atoms with Crippen molar-refractivity contribution in [3.8, 4) is 44.5 Å². The predicted molar refractivity (Wildman–Crippen MR) is 257 cm³/mol. The van der Waals surface area contributed by atoms with E-state index in [2.05, 4.69) is 215 Å². The van der Waals surface area contributed by atoms with Crippen LogP contribution in [-0.4, -0.2) is 0 Å². The van der Waals surface area contributed by atoms with Gasteiger partial charge < -0.3 is 4.90 Å². The Bertz CT molecular complexity index is 2860. The van der Waals surface area contributed by atoms with Gasteiger partial charge in [0.15, 0.2) is 0 Å². The highest BCUT2D eigenvalue weighted by Gasteiger charge is 2.37. The number of anilines is 3. The van der Waals surface area contributed by atoms with Crippen LogP contribution in [0, 0.1) is 0 Å². The van der Waals surface area contributed by atoms with Crippen LogP contribution in [0.3, 0.4) is 0 Å². The lowest BCUT2D eigenvalue weighted by atomic mass is 9.80. The summed E-state index contributed by atoms with van der Waals surface area (Å²) in [6.45, 7) is 11.6. The Balaban J connectivity index is 1.25. The Kier molecular flexibility index (Phi) is 9.60. The molecule has 0 atom stereocenters. The molecule has 0 saturated heterocycles. The fourth-order valence-corrected chi connectivity index (χ4v) is 10.6. The molecule has 0 aromatic heterocycles. The van der Waals surface area contributed by atoms with Crippen LogP contribution in [0.15, 0.2) is 176 Å². The minimum atomic E-state index is -0.0978. The van der Waals surface area contributed by atoms with Gasteiger partial charge in [0, 0.05) is 22.1 Å². The molecule has 0 heterocycles. The van der Waals surface area contributed by atoms with E-state index in [-0.39, 0.29) is 10.8 Å². The Morgan fingerprint density at radius 2 is 0.950 bits per heavy atom. The number of para-hydroxylation sites is 3. The fourth-order valence-electron chi connectivity index (χ4n) is 10.6. The third-order valence-electron chi connectivity index (χ3n) is 13.7. The van der Waals surface area contributed by atoms with E-state index in [1.54, 1.807) is 0 Å². The second-order valence-corrected chi connectivity index (χ2v) is 18.7. The lowest BCUT2D eigenvalue weighted by Gasteiger charge is -2.32. The first-order chi connectivity index (χ1) is 29.2. The van der Waals surface area contributed by atoms with E-state index in [0.717, 1.165) is 11.4 Å². The topological polar surface area (TPSA) is 3.24 Å². The largest absolute Gasteiger partial charge is 0.309 e. The van der Waals surface area contributed by atoms with Crippen LogP contribution in [-0.2, 0) is 10.8 Å². The maximum Gasteiger partial charge on any atom is 0.0540 e. The van der Waals surface area contributed by atoms with Gasteiger partial charge in [0.1, 0.15) is 0 Å². The number of fused-ring (bicyclic) bond motifs is 4. The predicted octanol–water partition coefficient (Wildman–Crippen LogP) is 17.0. The number of benzene rings is 8. The molecule has 1 fully saturated rings. The standard InChI is InChI=1S/C59H55N/c1-58(2,3)43-38-36-41(37-39-43)44-24-10-14-33-53(44)60(55-35-16-12-26-47(55)49-30-19-32-52-57(49)50-27-9-13-31-51(50)59(52,4)5)54-34-15-11-25-46(54)48-29-18-23-42-22-17-28-45(56(42)48)40-20-7-6-8-21-40/h9-19,22-40H,6-8,20-21H2,1-5H3. The van der Waals surface area contributed by atoms with Crippen molar-refractivity contribution in [2.45, 2.75) is 83.5 Å². The first-order valence-electron chi connectivity index (χ1n) is 22.1. The molecule has 2 aliphatic carbocycles. The Morgan fingerprint density at radius 3 is 1.62 bits per heavy atom. The summed E-state index contributed by atoms with van der Waals surface area (Å²) in [6.07, 6.45) is 6.48.